The van der Waals surface area contributed by atoms with Gasteiger partial charge in [0, 0.05) is 24.0 Å². The maximum absolute atomic E-state index is 11.4. The Labute approximate surface area is 122 Å². The molecule has 0 saturated carbocycles. The summed E-state index contributed by atoms with van der Waals surface area (Å²) < 4.78 is 6.54. The molecule has 1 aromatic carbocycles. The second kappa shape index (κ2) is 9.81. The number of amides is 1. The molecule has 0 radical (unpaired) electrons. The van der Waals surface area contributed by atoms with E-state index >= 15 is 0 Å². The van der Waals surface area contributed by atoms with Gasteiger partial charge in [0.1, 0.15) is 5.75 Å². The Bertz CT molecular complexity index is 367. The average Bonchev–Trinajstić information content (AvgIpc) is 2.42. The van der Waals surface area contributed by atoms with Crippen LogP contribution in [-0.4, -0.2) is 30.8 Å². The van der Waals surface area contributed by atoms with E-state index in [0.717, 1.165) is 23.1 Å². The Morgan fingerprint density at radius 1 is 1.21 bits per heavy atom. The molecule has 4 nitrogen and oxygen atoms in total. The van der Waals surface area contributed by atoms with E-state index in [-0.39, 0.29) is 12.5 Å². The minimum atomic E-state index is 0.0392. The first kappa shape index (κ1) is 16.0. The van der Waals surface area contributed by atoms with Crippen LogP contribution in [0.1, 0.15) is 25.7 Å². The van der Waals surface area contributed by atoms with Crippen molar-refractivity contribution in [1.82, 2.24) is 5.32 Å². The third kappa shape index (κ3) is 7.85. The van der Waals surface area contributed by atoms with E-state index < -0.39 is 0 Å². The van der Waals surface area contributed by atoms with Gasteiger partial charge in [-0.1, -0.05) is 15.9 Å². The normalized spacial score (nSPS) is 10.2. The van der Waals surface area contributed by atoms with Crippen molar-refractivity contribution in [2.45, 2.75) is 25.7 Å². The van der Waals surface area contributed by atoms with Gasteiger partial charge in [0.05, 0.1) is 6.61 Å². The summed E-state index contributed by atoms with van der Waals surface area (Å²) in [5.41, 5.74) is 0. The Morgan fingerprint density at radius 2 is 1.95 bits per heavy atom. The largest absolute Gasteiger partial charge is 0.494 e. The summed E-state index contributed by atoms with van der Waals surface area (Å²) >= 11 is 3.36. The number of hydrogen-bond donors (Lipinski definition) is 2. The number of nitrogens with one attached hydrogen (secondary N) is 1. The van der Waals surface area contributed by atoms with Gasteiger partial charge in [0.2, 0.25) is 5.91 Å². The Morgan fingerprint density at radius 3 is 2.63 bits per heavy atom. The molecule has 19 heavy (non-hydrogen) atoms. The fourth-order valence-corrected chi connectivity index (χ4v) is 1.77. The van der Waals surface area contributed by atoms with Gasteiger partial charge in [-0.3, -0.25) is 4.79 Å². The summed E-state index contributed by atoms with van der Waals surface area (Å²) in [7, 11) is 0. The van der Waals surface area contributed by atoms with Gasteiger partial charge in [0.25, 0.3) is 0 Å². The van der Waals surface area contributed by atoms with Crippen molar-refractivity contribution in [3.05, 3.63) is 28.7 Å². The molecule has 0 saturated heterocycles. The summed E-state index contributed by atoms with van der Waals surface area (Å²) in [4.78, 5) is 11.4. The molecule has 0 heterocycles. The fourth-order valence-electron chi connectivity index (χ4n) is 1.51. The first-order valence-corrected chi connectivity index (χ1v) is 7.27. The maximum atomic E-state index is 11.4. The second-order valence-corrected chi connectivity index (χ2v) is 5.10. The number of rotatable bonds is 9. The topological polar surface area (TPSA) is 58.6 Å². The zero-order valence-corrected chi connectivity index (χ0v) is 12.5. The summed E-state index contributed by atoms with van der Waals surface area (Å²) in [6.07, 6.45) is 2.71. The van der Waals surface area contributed by atoms with E-state index in [2.05, 4.69) is 21.2 Å². The van der Waals surface area contributed by atoms with E-state index in [0.29, 0.717) is 26.0 Å². The Balaban J connectivity index is 2.03. The zero-order valence-electron chi connectivity index (χ0n) is 10.9. The lowest BCUT2D eigenvalue weighted by atomic mass is 10.3. The van der Waals surface area contributed by atoms with E-state index in [9.17, 15) is 4.79 Å². The minimum absolute atomic E-state index is 0.0392. The number of ether oxygens (including phenoxy) is 1. The molecule has 0 atom stereocenters. The number of unbranched alkanes of at least 4 members (excludes halogenated alkanes) is 1. The highest BCUT2D eigenvalue weighted by atomic mass is 79.9. The van der Waals surface area contributed by atoms with Crippen LogP contribution in [0.3, 0.4) is 0 Å². The van der Waals surface area contributed by atoms with Gasteiger partial charge in [0.15, 0.2) is 0 Å². The van der Waals surface area contributed by atoms with Crippen LogP contribution in [0.5, 0.6) is 5.75 Å². The molecule has 0 bridgehead atoms. The van der Waals surface area contributed by atoms with E-state index in [4.69, 9.17) is 9.84 Å². The Kier molecular flexibility index (Phi) is 8.25. The zero-order chi connectivity index (χ0) is 13.9. The van der Waals surface area contributed by atoms with Gasteiger partial charge < -0.3 is 15.2 Å². The molecule has 0 aromatic heterocycles. The number of hydrogen-bond acceptors (Lipinski definition) is 3. The highest BCUT2D eigenvalue weighted by molar-refractivity contribution is 9.10. The van der Waals surface area contributed by atoms with Crippen LogP contribution in [0.15, 0.2) is 28.7 Å². The lowest BCUT2D eigenvalue weighted by molar-refractivity contribution is -0.121. The molecule has 0 aliphatic heterocycles. The van der Waals surface area contributed by atoms with Gasteiger partial charge >= 0.3 is 0 Å². The Hall–Kier alpha value is -1.07. The van der Waals surface area contributed by atoms with Crippen molar-refractivity contribution in [1.29, 1.82) is 0 Å². The lowest BCUT2D eigenvalue weighted by Gasteiger charge is -2.07. The highest BCUT2D eigenvalue weighted by Gasteiger charge is 2.01. The first-order valence-electron chi connectivity index (χ1n) is 6.48. The van der Waals surface area contributed by atoms with Crippen molar-refractivity contribution >= 4 is 21.8 Å². The third-order valence-corrected chi connectivity index (χ3v) is 3.07. The van der Waals surface area contributed by atoms with Gasteiger partial charge in [-0.05, 0) is 43.5 Å². The summed E-state index contributed by atoms with van der Waals surface area (Å²) in [6, 6.07) is 7.62. The molecule has 0 unspecified atom stereocenters. The number of halogens is 1. The molecule has 5 heteroatoms. The van der Waals surface area contributed by atoms with Crippen LogP contribution in [0, 0.1) is 0 Å². The van der Waals surface area contributed by atoms with Crippen LogP contribution >= 0.6 is 15.9 Å². The maximum Gasteiger partial charge on any atom is 0.220 e. The molecule has 1 rings (SSSR count). The molecule has 2 N–H and O–H groups in total. The SMILES string of the molecule is O=C(CCCOc1ccc(Br)cc1)NCCCCO. The molecule has 1 aromatic rings. The number of carbonyl (C=O) groups excluding carboxylic acids is 1. The fraction of sp³-hybridized carbons (Fsp3) is 0.500. The molecule has 0 fully saturated rings. The lowest BCUT2D eigenvalue weighted by Crippen LogP contribution is -2.24. The van der Waals surface area contributed by atoms with E-state index in [1.807, 2.05) is 24.3 Å². The van der Waals surface area contributed by atoms with Crippen LogP contribution < -0.4 is 10.1 Å². The van der Waals surface area contributed by atoms with Crippen molar-refractivity contribution in [3.8, 4) is 5.75 Å². The number of benzene rings is 1. The molecular weight excluding hydrogens is 310 g/mol. The summed E-state index contributed by atoms with van der Waals surface area (Å²) in [6.45, 7) is 1.34. The predicted octanol–water partition coefficient (Wildman–Crippen LogP) is 2.50. The average molecular weight is 330 g/mol. The van der Waals surface area contributed by atoms with Crippen LogP contribution in [0.2, 0.25) is 0 Å². The van der Waals surface area contributed by atoms with Crippen LogP contribution in [-0.2, 0) is 4.79 Å². The van der Waals surface area contributed by atoms with Crippen molar-refractivity contribution in [2.24, 2.45) is 0 Å². The highest BCUT2D eigenvalue weighted by Crippen LogP contribution is 2.16. The summed E-state index contributed by atoms with van der Waals surface area (Å²) in [5.74, 6) is 0.851. The quantitative estimate of drug-likeness (QED) is 0.684. The standard InChI is InChI=1S/C14H20BrNO3/c15-12-5-7-13(8-6-12)19-11-3-4-14(18)16-9-1-2-10-17/h5-8,17H,1-4,9-11H2,(H,16,18). The van der Waals surface area contributed by atoms with Gasteiger partial charge in [-0.15, -0.1) is 0 Å². The van der Waals surface area contributed by atoms with Crippen LogP contribution in [0.4, 0.5) is 0 Å². The molecule has 0 spiro atoms. The number of aliphatic hydroxyl groups excluding tert-OH is 1. The van der Waals surface area contributed by atoms with E-state index in [1.54, 1.807) is 0 Å². The molecule has 0 aliphatic rings. The number of carbonyl (C=O) groups is 1. The number of aliphatic hydroxyl groups is 1. The molecule has 1 amide bonds. The van der Waals surface area contributed by atoms with E-state index in [1.165, 1.54) is 0 Å². The third-order valence-electron chi connectivity index (χ3n) is 2.54. The first-order chi connectivity index (χ1) is 9.22. The minimum Gasteiger partial charge on any atom is -0.494 e. The monoisotopic (exact) mass is 329 g/mol. The second-order valence-electron chi connectivity index (χ2n) is 4.19. The smallest absolute Gasteiger partial charge is 0.220 e. The summed E-state index contributed by atoms with van der Waals surface area (Å²) in [5, 5.41) is 11.4. The van der Waals surface area contributed by atoms with Crippen molar-refractivity contribution < 1.29 is 14.6 Å². The van der Waals surface area contributed by atoms with Gasteiger partial charge in [-0.25, -0.2) is 0 Å². The molecule has 106 valence electrons. The molecular formula is C14H20BrNO3. The predicted molar refractivity (Wildman–Crippen MR) is 78.2 cm³/mol. The van der Waals surface area contributed by atoms with Crippen molar-refractivity contribution in [2.75, 3.05) is 19.8 Å². The van der Waals surface area contributed by atoms with Gasteiger partial charge in [-0.2, -0.15) is 0 Å². The molecule has 0 aliphatic carbocycles. The van der Waals surface area contributed by atoms with Crippen molar-refractivity contribution in [3.63, 3.8) is 0 Å². The van der Waals surface area contributed by atoms with Crippen LogP contribution in [0.25, 0.3) is 0 Å².